The molecule has 0 atom stereocenters. The zero-order valence-corrected chi connectivity index (χ0v) is 10.9. The van der Waals surface area contributed by atoms with Gasteiger partial charge in [-0.05, 0) is 30.3 Å². The number of carboxylic acids is 1. The monoisotopic (exact) mass is 267 g/mol. The molecule has 5 nitrogen and oxygen atoms in total. The quantitative estimate of drug-likeness (QED) is 0.793. The molecule has 1 aromatic carbocycles. The van der Waals surface area contributed by atoms with Crippen molar-refractivity contribution in [1.82, 2.24) is 14.3 Å². The molecule has 0 radical (unpaired) electrons. The second kappa shape index (κ2) is 4.70. The van der Waals surface area contributed by atoms with Crippen LogP contribution in [0.3, 0.4) is 0 Å². The van der Waals surface area contributed by atoms with Crippen molar-refractivity contribution in [3.63, 3.8) is 0 Å². The smallest absolute Gasteiger partial charge is 0.352 e. The maximum absolute atomic E-state index is 11.1. The van der Waals surface area contributed by atoms with Gasteiger partial charge in [0.05, 0.1) is 23.3 Å². The Morgan fingerprint density at radius 1 is 1.05 bits per heavy atom. The number of nitrogens with zero attached hydrogens (tertiary/aromatic N) is 3. The highest BCUT2D eigenvalue weighted by Crippen LogP contribution is 2.24. The van der Waals surface area contributed by atoms with Gasteiger partial charge in [-0.3, -0.25) is 0 Å². The van der Waals surface area contributed by atoms with E-state index < -0.39 is 5.97 Å². The third-order valence-corrected chi connectivity index (χ3v) is 3.25. The lowest BCUT2D eigenvalue weighted by molar-refractivity contribution is 0.0687. The fourth-order valence-corrected chi connectivity index (χ4v) is 2.26. The van der Waals surface area contributed by atoms with Crippen molar-refractivity contribution in [3.05, 3.63) is 60.4 Å². The van der Waals surface area contributed by atoms with Crippen LogP contribution in [0.5, 0.6) is 0 Å². The number of rotatable bonds is 3. The number of hydrogen-bond donors (Lipinski definition) is 1. The SMILES string of the molecule is Cn1c(C(=O)O)ccc1-c1ccnn1-c1ccccc1. The molecule has 0 aliphatic rings. The Labute approximate surface area is 115 Å². The van der Waals surface area contributed by atoms with E-state index in [0.717, 1.165) is 17.1 Å². The van der Waals surface area contributed by atoms with E-state index in [1.807, 2.05) is 36.4 Å². The Morgan fingerprint density at radius 2 is 1.80 bits per heavy atom. The molecule has 0 saturated carbocycles. The summed E-state index contributed by atoms with van der Waals surface area (Å²) in [7, 11) is 1.74. The number of hydrogen-bond acceptors (Lipinski definition) is 2. The summed E-state index contributed by atoms with van der Waals surface area (Å²) in [6, 6.07) is 15.0. The second-order valence-corrected chi connectivity index (χ2v) is 4.43. The summed E-state index contributed by atoms with van der Waals surface area (Å²) in [5.74, 6) is -0.940. The summed E-state index contributed by atoms with van der Waals surface area (Å²) < 4.78 is 3.44. The van der Waals surface area contributed by atoms with Gasteiger partial charge < -0.3 is 9.67 Å². The Morgan fingerprint density at radius 3 is 2.45 bits per heavy atom. The highest BCUT2D eigenvalue weighted by atomic mass is 16.4. The summed E-state index contributed by atoms with van der Waals surface area (Å²) >= 11 is 0. The van der Waals surface area contributed by atoms with Gasteiger partial charge in [-0.25, -0.2) is 9.48 Å². The van der Waals surface area contributed by atoms with Crippen LogP contribution in [0.2, 0.25) is 0 Å². The molecular weight excluding hydrogens is 254 g/mol. The topological polar surface area (TPSA) is 60.1 Å². The lowest BCUT2D eigenvalue weighted by Crippen LogP contribution is -2.07. The fourth-order valence-electron chi connectivity index (χ4n) is 2.26. The van der Waals surface area contributed by atoms with Gasteiger partial charge in [-0.15, -0.1) is 0 Å². The van der Waals surface area contributed by atoms with E-state index in [1.165, 1.54) is 0 Å². The standard InChI is InChI=1S/C15H13N3O2/c1-17-12(7-8-14(17)15(19)20)13-9-10-16-18(13)11-5-3-2-4-6-11/h2-10H,1H3,(H,19,20). The summed E-state index contributed by atoms with van der Waals surface area (Å²) in [4.78, 5) is 11.1. The molecule has 3 rings (SSSR count). The number of aromatic carboxylic acids is 1. The van der Waals surface area contributed by atoms with Gasteiger partial charge in [-0.1, -0.05) is 18.2 Å². The largest absolute Gasteiger partial charge is 0.477 e. The van der Waals surface area contributed by atoms with Gasteiger partial charge in [0, 0.05) is 7.05 Å². The Hall–Kier alpha value is -2.82. The maximum Gasteiger partial charge on any atom is 0.352 e. The zero-order chi connectivity index (χ0) is 14.1. The zero-order valence-electron chi connectivity index (χ0n) is 10.9. The van der Waals surface area contributed by atoms with Gasteiger partial charge in [0.15, 0.2) is 0 Å². The Kier molecular flexibility index (Phi) is 2.87. The molecular formula is C15H13N3O2. The van der Waals surface area contributed by atoms with Crippen LogP contribution in [0.4, 0.5) is 0 Å². The summed E-state index contributed by atoms with van der Waals surface area (Å²) in [5.41, 5.74) is 2.85. The second-order valence-electron chi connectivity index (χ2n) is 4.43. The molecule has 20 heavy (non-hydrogen) atoms. The lowest BCUT2D eigenvalue weighted by Gasteiger charge is -2.09. The van der Waals surface area contributed by atoms with E-state index in [4.69, 9.17) is 5.11 Å². The van der Waals surface area contributed by atoms with E-state index >= 15 is 0 Å². The van der Waals surface area contributed by atoms with E-state index in [-0.39, 0.29) is 5.69 Å². The highest BCUT2D eigenvalue weighted by Gasteiger charge is 2.15. The number of para-hydroxylation sites is 1. The normalized spacial score (nSPS) is 10.7. The highest BCUT2D eigenvalue weighted by molar-refractivity contribution is 5.87. The van der Waals surface area contributed by atoms with E-state index in [2.05, 4.69) is 5.10 Å². The Bertz CT molecular complexity index is 757. The number of aromatic nitrogens is 3. The van der Waals surface area contributed by atoms with Crippen molar-refractivity contribution >= 4 is 5.97 Å². The minimum atomic E-state index is -0.940. The van der Waals surface area contributed by atoms with Crippen molar-refractivity contribution in [3.8, 4) is 17.1 Å². The first-order chi connectivity index (χ1) is 9.68. The molecule has 5 heteroatoms. The summed E-state index contributed by atoms with van der Waals surface area (Å²) in [5, 5.41) is 13.4. The predicted octanol–water partition coefficient (Wildman–Crippen LogP) is 2.58. The van der Waals surface area contributed by atoms with Crippen LogP contribution in [-0.4, -0.2) is 25.4 Å². The molecule has 2 aromatic heterocycles. The third-order valence-electron chi connectivity index (χ3n) is 3.25. The first kappa shape index (κ1) is 12.2. The minimum Gasteiger partial charge on any atom is -0.477 e. The van der Waals surface area contributed by atoms with Crippen molar-refractivity contribution < 1.29 is 9.90 Å². The molecule has 0 saturated heterocycles. The van der Waals surface area contributed by atoms with Crippen molar-refractivity contribution in [2.75, 3.05) is 0 Å². The molecule has 0 spiro atoms. The van der Waals surface area contributed by atoms with Crippen LogP contribution in [0.15, 0.2) is 54.7 Å². The first-order valence-corrected chi connectivity index (χ1v) is 6.17. The number of carboxylic acid groups (broad SMARTS) is 1. The van der Waals surface area contributed by atoms with Crippen LogP contribution < -0.4 is 0 Å². The van der Waals surface area contributed by atoms with Crippen LogP contribution in [0, 0.1) is 0 Å². The minimum absolute atomic E-state index is 0.251. The van der Waals surface area contributed by atoms with Gasteiger partial charge in [0.1, 0.15) is 5.69 Å². The van der Waals surface area contributed by atoms with E-state index in [9.17, 15) is 4.79 Å². The molecule has 0 unspecified atom stereocenters. The Balaban J connectivity index is 2.13. The van der Waals surface area contributed by atoms with Crippen LogP contribution in [0.25, 0.3) is 17.1 Å². The lowest BCUT2D eigenvalue weighted by atomic mass is 10.2. The molecule has 0 amide bonds. The van der Waals surface area contributed by atoms with Crippen LogP contribution >= 0.6 is 0 Å². The number of benzene rings is 1. The average Bonchev–Trinajstić information content (AvgIpc) is 3.05. The summed E-state index contributed by atoms with van der Waals surface area (Å²) in [6.45, 7) is 0. The van der Waals surface area contributed by atoms with Crippen molar-refractivity contribution in [2.45, 2.75) is 0 Å². The first-order valence-electron chi connectivity index (χ1n) is 6.17. The van der Waals surface area contributed by atoms with E-state index in [1.54, 1.807) is 34.6 Å². The molecule has 3 aromatic rings. The third kappa shape index (κ3) is 1.89. The molecule has 0 fully saturated rings. The van der Waals surface area contributed by atoms with E-state index in [0.29, 0.717) is 0 Å². The molecule has 0 aliphatic heterocycles. The van der Waals surface area contributed by atoms with Gasteiger partial charge in [-0.2, -0.15) is 5.10 Å². The van der Waals surface area contributed by atoms with Gasteiger partial charge >= 0.3 is 5.97 Å². The van der Waals surface area contributed by atoms with Crippen molar-refractivity contribution in [1.29, 1.82) is 0 Å². The maximum atomic E-state index is 11.1. The fraction of sp³-hybridized carbons (Fsp3) is 0.0667. The molecule has 0 bridgehead atoms. The summed E-state index contributed by atoms with van der Waals surface area (Å²) in [6.07, 6.45) is 1.70. The van der Waals surface area contributed by atoms with Crippen LogP contribution in [0.1, 0.15) is 10.5 Å². The molecule has 0 aliphatic carbocycles. The van der Waals surface area contributed by atoms with Crippen molar-refractivity contribution in [2.24, 2.45) is 7.05 Å². The molecule has 100 valence electrons. The van der Waals surface area contributed by atoms with Crippen LogP contribution in [-0.2, 0) is 7.05 Å². The van der Waals surface area contributed by atoms with Gasteiger partial charge in [0.25, 0.3) is 0 Å². The predicted molar refractivity (Wildman–Crippen MR) is 74.9 cm³/mol. The average molecular weight is 267 g/mol. The molecule has 2 heterocycles. The number of carbonyl (C=O) groups is 1. The van der Waals surface area contributed by atoms with Gasteiger partial charge in [0.2, 0.25) is 0 Å². The molecule has 1 N–H and O–H groups in total.